The Kier molecular flexibility index (Phi) is 3.87. The number of carboxylic acids is 1. The zero-order valence-electron chi connectivity index (χ0n) is 10.3. The average Bonchev–Trinajstić information content (AvgIpc) is 2.76. The van der Waals surface area contributed by atoms with E-state index >= 15 is 0 Å². The fraction of sp³-hybridized carbons (Fsp3) is 0.357. The number of fused-ring (bicyclic) bond motifs is 1. The quantitative estimate of drug-likeness (QED) is 0.797. The summed E-state index contributed by atoms with van der Waals surface area (Å²) in [6, 6.07) is 7.74. The minimum absolute atomic E-state index is 0.212. The van der Waals surface area contributed by atoms with Crippen molar-refractivity contribution in [2.75, 3.05) is 7.11 Å². The highest BCUT2D eigenvalue weighted by molar-refractivity contribution is 5.83. The summed E-state index contributed by atoms with van der Waals surface area (Å²) in [6.45, 7) is 0. The van der Waals surface area contributed by atoms with Crippen LogP contribution in [0.2, 0.25) is 0 Å². The van der Waals surface area contributed by atoms with Crippen LogP contribution in [0.15, 0.2) is 28.7 Å². The summed E-state index contributed by atoms with van der Waals surface area (Å²) in [7, 11) is 1.61. The maximum Gasteiger partial charge on any atom is 0.303 e. The van der Waals surface area contributed by atoms with Crippen molar-refractivity contribution in [1.82, 2.24) is 0 Å². The molecular formula is C14H16O4. The Bertz CT molecular complexity index is 542. The second-order valence-corrected chi connectivity index (χ2v) is 4.19. The molecule has 1 heterocycles. The number of carboxylic acid groups (broad SMARTS) is 1. The number of rotatable bonds is 6. The average molecular weight is 248 g/mol. The standard InChI is InChI=1S/C14H16O4/c1-17-12-7-4-5-10-9-11(18-14(10)12)6-2-3-8-13(15)16/h4-5,7,9H,2-3,6,8H2,1H3,(H,15,16). The van der Waals surface area contributed by atoms with Gasteiger partial charge in [-0.2, -0.15) is 0 Å². The van der Waals surface area contributed by atoms with E-state index in [0.29, 0.717) is 6.42 Å². The molecule has 0 amide bonds. The Morgan fingerprint density at radius 2 is 2.22 bits per heavy atom. The molecule has 0 bridgehead atoms. The van der Waals surface area contributed by atoms with Gasteiger partial charge in [0.1, 0.15) is 5.76 Å². The third-order valence-electron chi connectivity index (χ3n) is 2.84. The number of carbonyl (C=O) groups is 1. The molecule has 0 saturated carbocycles. The summed E-state index contributed by atoms with van der Waals surface area (Å²) >= 11 is 0. The van der Waals surface area contributed by atoms with Crippen molar-refractivity contribution in [2.24, 2.45) is 0 Å². The van der Waals surface area contributed by atoms with Gasteiger partial charge in [-0.1, -0.05) is 12.1 Å². The van der Waals surface area contributed by atoms with Crippen LogP contribution in [0, 0.1) is 0 Å². The summed E-state index contributed by atoms with van der Waals surface area (Å²) < 4.78 is 11.0. The molecular weight excluding hydrogens is 232 g/mol. The molecule has 1 aromatic carbocycles. The van der Waals surface area contributed by atoms with Crippen molar-refractivity contribution >= 4 is 16.9 Å². The summed E-state index contributed by atoms with van der Waals surface area (Å²) in [5.74, 6) is 0.852. The van der Waals surface area contributed by atoms with Gasteiger partial charge in [0.25, 0.3) is 0 Å². The number of ether oxygens (including phenoxy) is 1. The number of methoxy groups -OCH3 is 1. The van der Waals surface area contributed by atoms with Crippen LogP contribution in [0.1, 0.15) is 25.0 Å². The number of para-hydroxylation sites is 1. The lowest BCUT2D eigenvalue weighted by molar-refractivity contribution is -0.137. The fourth-order valence-corrected chi connectivity index (χ4v) is 1.95. The van der Waals surface area contributed by atoms with Crippen LogP contribution in [0.3, 0.4) is 0 Å². The molecule has 4 nitrogen and oxygen atoms in total. The van der Waals surface area contributed by atoms with Crippen LogP contribution in [0.25, 0.3) is 11.0 Å². The lowest BCUT2D eigenvalue weighted by atomic mass is 10.1. The highest BCUT2D eigenvalue weighted by atomic mass is 16.5. The fourth-order valence-electron chi connectivity index (χ4n) is 1.95. The highest BCUT2D eigenvalue weighted by Crippen LogP contribution is 2.29. The molecule has 4 heteroatoms. The van der Waals surface area contributed by atoms with Crippen molar-refractivity contribution in [3.8, 4) is 5.75 Å². The van der Waals surface area contributed by atoms with Crippen LogP contribution in [0.5, 0.6) is 5.75 Å². The van der Waals surface area contributed by atoms with E-state index in [1.54, 1.807) is 7.11 Å². The van der Waals surface area contributed by atoms with Gasteiger partial charge >= 0.3 is 5.97 Å². The van der Waals surface area contributed by atoms with Crippen molar-refractivity contribution in [3.63, 3.8) is 0 Å². The van der Waals surface area contributed by atoms with Gasteiger partial charge in [-0.05, 0) is 25.0 Å². The summed E-state index contributed by atoms with van der Waals surface area (Å²) in [5.41, 5.74) is 0.758. The van der Waals surface area contributed by atoms with E-state index in [0.717, 1.165) is 35.3 Å². The van der Waals surface area contributed by atoms with Gasteiger partial charge in [-0.3, -0.25) is 4.79 Å². The van der Waals surface area contributed by atoms with Gasteiger partial charge in [0.15, 0.2) is 11.3 Å². The highest BCUT2D eigenvalue weighted by Gasteiger charge is 2.08. The first-order valence-corrected chi connectivity index (χ1v) is 5.98. The molecule has 0 aliphatic rings. The maximum atomic E-state index is 10.4. The van der Waals surface area contributed by atoms with Gasteiger partial charge in [0, 0.05) is 18.2 Å². The van der Waals surface area contributed by atoms with Crippen molar-refractivity contribution in [2.45, 2.75) is 25.7 Å². The number of hydrogen-bond acceptors (Lipinski definition) is 3. The van der Waals surface area contributed by atoms with Crippen LogP contribution >= 0.6 is 0 Å². The predicted octanol–water partition coefficient (Wildman–Crippen LogP) is 3.24. The number of furan rings is 1. The van der Waals surface area contributed by atoms with Crippen LogP contribution < -0.4 is 4.74 Å². The molecule has 0 atom stereocenters. The van der Waals surface area contributed by atoms with Crippen molar-refractivity contribution in [1.29, 1.82) is 0 Å². The minimum atomic E-state index is -0.749. The second kappa shape index (κ2) is 5.58. The van der Waals surface area contributed by atoms with Gasteiger partial charge in [-0.25, -0.2) is 0 Å². The van der Waals surface area contributed by atoms with E-state index in [1.807, 2.05) is 24.3 Å². The largest absolute Gasteiger partial charge is 0.493 e. The SMILES string of the molecule is COc1cccc2cc(CCCCC(=O)O)oc12. The number of benzene rings is 1. The van der Waals surface area contributed by atoms with Gasteiger partial charge < -0.3 is 14.3 Å². The van der Waals surface area contributed by atoms with E-state index in [2.05, 4.69) is 0 Å². The molecule has 96 valence electrons. The van der Waals surface area contributed by atoms with E-state index in [-0.39, 0.29) is 6.42 Å². The van der Waals surface area contributed by atoms with Gasteiger partial charge in [0.05, 0.1) is 7.11 Å². The van der Waals surface area contributed by atoms with Crippen molar-refractivity contribution < 1.29 is 19.1 Å². The Morgan fingerprint density at radius 3 is 2.94 bits per heavy atom. The molecule has 0 spiro atoms. The Labute approximate surface area is 105 Å². The Morgan fingerprint density at radius 1 is 1.39 bits per heavy atom. The molecule has 0 radical (unpaired) electrons. The number of unbranched alkanes of at least 4 members (excludes halogenated alkanes) is 1. The van der Waals surface area contributed by atoms with Crippen LogP contribution in [0.4, 0.5) is 0 Å². The lowest BCUT2D eigenvalue weighted by Gasteiger charge is -1.99. The molecule has 0 fully saturated rings. The monoisotopic (exact) mass is 248 g/mol. The summed E-state index contributed by atoms with van der Waals surface area (Å²) in [6.07, 6.45) is 2.45. The number of aryl methyl sites for hydroxylation is 1. The smallest absolute Gasteiger partial charge is 0.303 e. The first-order chi connectivity index (χ1) is 8.70. The van der Waals surface area contributed by atoms with Gasteiger partial charge in [-0.15, -0.1) is 0 Å². The Balaban J connectivity index is 2.04. The second-order valence-electron chi connectivity index (χ2n) is 4.19. The zero-order chi connectivity index (χ0) is 13.0. The zero-order valence-corrected chi connectivity index (χ0v) is 10.3. The summed E-state index contributed by atoms with van der Waals surface area (Å²) in [4.78, 5) is 10.4. The molecule has 0 aliphatic carbocycles. The van der Waals surface area contributed by atoms with E-state index in [4.69, 9.17) is 14.3 Å². The van der Waals surface area contributed by atoms with Crippen LogP contribution in [-0.2, 0) is 11.2 Å². The molecule has 2 rings (SSSR count). The van der Waals surface area contributed by atoms with Crippen LogP contribution in [-0.4, -0.2) is 18.2 Å². The molecule has 0 aliphatic heterocycles. The molecule has 0 unspecified atom stereocenters. The first-order valence-electron chi connectivity index (χ1n) is 5.98. The topological polar surface area (TPSA) is 59.7 Å². The van der Waals surface area contributed by atoms with Crippen molar-refractivity contribution in [3.05, 3.63) is 30.0 Å². The number of hydrogen-bond donors (Lipinski definition) is 1. The number of aliphatic carboxylic acids is 1. The van der Waals surface area contributed by atoms with E-state index < -0.39 is 5.97 Å². The molecule has 0 saturated heterocycles. The molecule has 1 aromatic heterocycles. The third kappa shape index (κ3) is 2.83. The predicted molar refractivity (Wildman–Crippen MR) is 68.0 cm³/mol. The normalized spacial score (nSPS) is 10.7. The first kappa shape index (κ1) is 12.5. The summed E-state index contributed by atoms with van der Waals surface area (Å²) in [5, 5.41) is 9.57. The lowest BCUT2D eigenvalue weighted by Crippen LogP contribution is -1.94. The third-order valence-corrected chi connectivity index (χ3v) is 2.84. The van der Waals surface area contributed by atoms with E-state index in [9.17, 15) is 4.79 Å². The molecule has 2 aromatic rings. The molecule has 18 heavy (non-hydrogen) atoms. The van der Waals surface area contributed by atoms with Gasteiger partial charge in [0.2, 0.25) is 0 Å². The van der Waals surface area contributed by atoms with E-state index in [1.165, 1.54) is 0 Å². The molecule has 1 N–H and O–H groups in total. The minimum Gasteiger partial charge on any atom is -0.493 e. The Hall–Kier alpha value is -1.97. The maximum absolute atomic E-state index is 10.4.